The van der Waals surface area contributed by atoms with Gasteiger partial charge in [-0.25, -0.2) is 0 Å². The topological polar surface area (TPSA) is 53.2 Å². The number of nitrogens with one attached hydrogen (secondary N) is 3. The van der Waals surface area contributed by atoms with E-state index in [0.29, 0.717) is 0 Å². The van der Waals surface area contributed by atoms with Crippen molar-refractivity contribution < 1.29 is 4.79 Å². The Labute approximate surface area is 151 Å². The van der Waals surface area contributed by atoms with Crippen molar-refractivity contribution in [3.8, 4) is 0 Å². The molecule has 0 aromatic heterocycles. The molecule has 25 heavy (non-hydrogen) atoms. The first-order chi connectivity index (χ1) is 12.3. The molecule has 0 saturated heterocycles. The Morgan fingerprint density at radius 3 is 1.92 bits per heavy atom. The van der Waals surface area contributed by atoms with Crippen LogP contribution in [0.3, 0.4) is 0 Å². The van der Waals surface area contributed by atoms with E-state index in [4.69, 9.17) is 0 Å². The summed E-state index contributed by atoms with van der Waals surface area (Å²) in [6, 6.07) is 19.9. The molecular formula is C21H29N3O. The number of carbonyl (C=O) groups is 1. The fraction of sp³-hybridized carbons (Fsp3) is 0.381. The van der Waals surface area contributed by atoms with Crippen LogP contribution in [0.25, 0.3) is 0 Å². The van der Waals surface area contributed by atoms with Crippen molar-refractivity contribution in [2.45, 2.75) is 31.3 Å². The van der Waals surface area contributed by atoms with Crippen LogP contribution in [-0.4, -0.2) is 32.6 Å². The normalized spacial score (nSPS) is 12.1. The van der Waals surface area contributed by atoms with Crippen LogP contribution in [0, 0.1) is 0 Å². The summed E-state index contributed by atoms with van der Waals surface area (Å²) in [5.74, 6) is 0.0460. The van der Waals surface area contributed by atoms with Gasteiger partial charge in [-0.1, -0.05) is 67.1 Å². The van der Waals surface area contributed by atoms with Gasteiger partial charge in [0.05, 0.1) is 12.1 Å². The average molecular weight is 339 g/mol. The standard InChI is InChI=1S/C21H29N3O/c1-22-16-10-9-15-19(23-2)21(25)24-20(17-11-5-3-6-12-17)18-13-7-4-8-14-18/h3-8,11-14,19-20,22-23H,9-10,15-16H2,1-2H3,(H,24,25)/t19-/m0/s1. The third kappa shape index (κ3) is 6.00. The highest BCUT2D eigenvalue weighted by atomic mass is 16.2. The Kier molecular flexibility index (Phi) is 8.16. The van der Waals surface area contributed by atoms with Gasteiger partial charge in [-0.2, -0.15) is 0 Å². The number of benzene rings is 2. The summed E-state index contributed by atoms with van der Waals surface area (Å²) in [5, 5.41) is 9.52. The zero-order chi connectivity index (χ0) is 17.9. The minimum Gasteiger partial charge on any atom is -0.344 e. The molecule has 0 saturated carbocycles. The van der Waals surface area contributed by atoms with Crippen molar-refractivity contribution in [2.75, 3.05) is 20.6 Å². The third-order valence-corrected chi connectivity index (χ3v) is 4.39. The van der Waals surface area contributed by atoms with Gasteiger partial charge >= 0.3 is 0 Å². The van der Waals surface area contributed by atoms with E-state index in [9.17, 15) is 4.79 Å². The minimum absolute atomic E-state index is 0.0460. The van der Waals surface area contributed by atoms with Crippen molar-refractivity contribution in [3.05, 3.63) is 71.8 Å². The van der Waals surface area contributed by atoms with Gasteiger partial charge in [-0.15, -0.1) is 0 Å². The van der Waals surface area contributed by atoms with Gasteiger partial charge < -0.3 is 16.0 Å². The van der Waals surface area contributed by atoms with Crippen molar-refractivity contribution in [1.82, 2.24) is 16.0 Å². The molecule has 0 unspecified atom stereocenters. The predicted molar refractivity (Wildman–Crippen MR) is 103 cm³/mol. The summed E-state index contributed by atoms with van der Waals surface area (Å²) in [4.78, 5) is 12.8. The number of rotatable bonds is 10. The van der Waals surface area contributed by atoms with Crippen LogP contribution in [-0.2, 0) is 4.79 Å². The second-order valence-electron chi connectivity index (χ2n) is 6.20. The quantitative estimate of drug-likeness (QED) is 0.584. The Hall–Kier alpha value is -2.17. The molecule has 3 N–H and O–H groups in total. The predicted octanol–water partition coefficient (Wildman–Crippen LogP) is 2.87. The first-order valence-corrected chi connectivity index (χ1v) is 8.98. The summed E-state index contributed by atoms with van der Waals surface area (Å²) in [7, 11) is 3.80. The van der Waals surface area contributed by atoms with Crippen LogP contribution in [0.2, 0.25) is 0 Å². The molecule has 0 radical (unpaired) electrons. The molecule has 134 valence electrons. The van der Waals surface area contributed by atoms with E-state index in [1.807, 2.05) is 50.5 Å². The Morgan fingerprint density at radius 1 is 0.880 bits per heavy atom. The molecule has 2 aromatic rings. The second kappa shape index (κ2) is 10.6. The number of likely N-dealkylation sites (N-methyl/N-ethyl adjacent to an activating group) is 1. The molecule has 0 spiro atoms. The van der Waals surface area contributed by atoms with E-state index < -0.39 is 0 Å². The van der Waals surface area contributed by atoms with Gasteiger partial charge in [0.15, 0.2) is 0 Å². The minimum atomic E-state index is -0.174. The van der Waals surface area contributed by atoms with Crippen molar-refractivity contribution in [3.63, 3.8) is 0 Å². The molecular weight excluding hydrogens is 310 g/mol. The zero-order valence-electron chi connectivity index (χ0n) is 15.2. The van der Waals surface area contributed by atoms with Crippen LogP contribution >= 0.6 is 0 Å². The van der Waals surface area contributed by atoms with Crippen molar-refractivity contribution >= 4 is 5.91 Å². The lowest BCUT2D eigenvalue weighted by Crippen LogP contribution is -2.44. The second-order valence-corrected chi connectivity index (χ2v) is 6.20. The van der Waals surface area contributed by atoms with Crippen molar-refractivity contribution in [1.29, 1.82) is 0 Å². The maximum atomic E-state index is 12.8. The smallest absolute Gasteiger partial charge is 0.237 e. The van der Waals surface area contributed by atoms with Gasteiger partial charge in [0.1, 0.15) is 0 Å². The number of hydrogen-bond donors (Lipinski definition) is 3. The Morgan fingerprint density at radius 2 is 1.44 bits per heavy atom. The van der Waals surface area contributed by atoms with Crippen molar-refractivity contribution in [2.24, 2.45) is 0 Å². The van der Waals surface area contributed by atoms with Crippen LogP contribution in [0.4, 0.5) is 0 Å². The van der Waals surface area contributed by atoms with Gasteiger partial charge in [0.25, 0.3) is 0 Å². The lowest BCUT2D eigenvalue weighted by molar-refractivity contribution is -0.123. The van der Waals surface area contributed by atoms with Crippen LogP contribution in [0.1, 0.15) is 36.4 Å². The van der Waals surface area contributed by atoms with E-state index in [2.05, 4.69) is 40.2 Å². The first kappa shape index (κ1) is 19.2. The molecule has 0 bridgehead atoms. The maximum Gasteiger partial charge on any atom is 0.237 e. The number of unbranched alkanes of at least 4 members (excludes halogenated alkanes) is 1. The largest absolute Gasteiger partial charge is 0.344 e. The lowest BCUT2D eigenvalue weighted by atomic mass is 9.98. The summed E-state index contributed by atoms with van der Waals surface area (Å²) in [5.41, 5.74) is 2.18. The fourth-order valence-electron chi connectivity index (χ4n) is 2.95. The molecule has 1 atom stereocenters. The fourth-order valence-corrected chi connectivity index (χ4v) is 2.95. The monoisotopic (exact) mass is 339 g/mol. The molecule has 0 aliphatic heterocycles. The lowest BCUT2D eigenvalue weighted by Gasteiger charge is -2.23. The summed E-state index contributed by atoms with van der Waals surface area (Å²) >= 11 is 0. The summed E-state index contributed by atoms with van der Waals surface area (Å²) in [6.07, 6.45) is 2.92. The Balaban J connectivity index is 2.09. The summed E-state index contributed by atoms with van der Waals surface area (Å²) in [6.45, 7) is 0.981. The summed E-state index contributed by atoms with van der Waals surface area (Å²) < 4.78 is 0. The third-order valence-electron chi connectivity index (χ3n) is 4.39. The molecule has 0 heterocycles. The van der Waals surface area contributed by atoms with Crippen LogP contribution in [0.15, 0.2) is 60.7 Å². The Bertz CT molecular complexity index is 576. The molecule has 0 aliphatic carbocycles. The number of hydrogen-bond acceptors (Lipinski definition) is 3. The van der Waals surface area contributed by atoms with Crippen LogP contribution in [0.5, 0.6) is 0 Å². The average Bonchev–Trinajstić information content (AvgIpc) is 2.67. The van der Waals surface area contributed by atoms with Gasteiger partial charge in [-0.05, 0) is 44.6 Å². The molecule has 0 aliphatic rings. The molecule has 4 heteroatoms. The molecule has 0 fully saturated rings. The van der Waals surface area contributed by atoms with Gasteiger partial charge in [0.2, 0.25) is 5.91 Å². The number of carbonyl (C=O) groups excluding carboxylic acids is 1. The highest BCUT2D eigenvalue weighted by Gasteiger charge is 2.21. The molecule has 1 amide bonds. The van der Waals surface area contributed by atoms with Gasteiger partial charge in [-0.3, -0.25) is 4.79 Å². The number of amides is 1. The van der Waals surface area contributed by atoms with Crippen LogP contribution < -0.4 is 16.0 Å². The highest BCUT2D eigenvalue weighted by molar-refractivity contribution is 5.82. The van der Waals surface area contributed by atoms with E-state index >= 15 is 0 Å². The first-order valence-electron chi connectivity index (χ1n) is 8.98. The zero-order valence-corrected chi connectivity index (χ0v) is 15.2. The SMILES string of the molecule is CNCCCC[C@H](NC)C(=O)NC(c1ccccc1)c1ccccc1. The van der Waals surface area contributed by atoms with E-state index in [1.54, 1.807) is 0 Å². The molecule has 2 aromatic carbocycles. The van der Waals surface area contributed by atoms with E-state index in [0.717, 1.165) is 36.9 Å². The van der Waals surface area contributed by atoms with E-state index in [1.165, 1.54) is 0 Å². The molecule has 4 nitrogen and oxygen atoms in total. The van der Waals surface area contributed by atoms with E-state index in [-0.39, 0.29) is 18.0 Å². The maximum absolute atomic E-state index is 12.8. The van der Waals surface area contributed by atoms with Gasteiger partial charge in [0, 0.05) is 0 Å². The molecule has 2 rings (SSSR count). The highest BCUT2D eigenvalue weighted by Crippen LogP contribution is 2.22.